The highest BCUT2D eigenvalue weighted by atomic mass is 14.4. The number of aryl methyl sites for hydroxylation is 2. The predicted molar refractivity (Wildman–Crippen MR) is 93.4 cm³/mol. The number of rotatable bonds is 1. The number of hydrogen-bond donors (Lipinski definition) is 0. The van der Waals surface area contributed by atoms with Crippen molar-refractivity contribution in [1.82, 2.24) is 0 Å². The first kappa shape index (κ1) is 13.3. The molecule has 4 rings (SSSR count). The molecule has 0 aliphatic heterocycles. The molecule has 0 heterocycles. The Hall–Kier alpha value is -2.34. The maximum atomic E-state index is 2.37. The van der Waals surface area contributed by atoms with Gasteiger partial charge in [-0.15, -0.1) is 0 Å². The van der Waals surface area contributed by atoms with Gasteiger partial charge in [-0.25, -0.2) is 0 Å². The minimum atomic E-state index is -0.0655. The monoisotopic (exact) mass is 284 g/mol. The molecule has 0 unspecified atom stereocenters. The summed E-state index contributed by atoms with van der Waals surface area (Å²) in [6.07, 6.45) is 0. The molecule has 0 saturated heterocycles. The zero-order chi connectivity index (χ0) is 15.3. The fraction of sp³-hybridized carbons (Fsp3) is 0.182. The second kappa shape index (κ2) is 4.58. The zero-order valence-corrected chi connectivity index (χ0v) is 13.4. The Labute approximate surface area is 132 Å². The molecule has 0 fully saturated rings. The van der Waals surface area contributed by atoms with E-state index < -0.39 is 0 Å². The van der Waals surface area contributed by atoms with Crippen LogP contribution < -0.4 is 0 Å². The van der Waals surface area contributed by atoms with E-state index in [1.807, 2.05) is 0 Å². The Bertz CT molecular complexity index is 805. The second-order valence-corrected chi connectivity index (χ2v) is 6.59. The average Bonchev–Trinajstić information content (AvgIpc) is 2.78. The highest BCUT2D eigenvalue weighted by Crippen LogP contribution is 2.52. The molecule has 1 aliphatic carbocycles. The van der Waals surface area contributed by atoms with E-state index in [9.17, 15) is 0 Å². The zero-order valence-electron chi connectivity index (χ0n) is 13.4. The Morgan fingerprint density at radius 3 is 1.64 bits per heavy atom. The van der Waals surface area contributed by atoms with Crippen LogP contribution in [0.1, 0.15) is 34.7 Å². The average molecular weight is 284 g/mol. The van der Waals surface area contributed by atoms with Crippen LogP contribution in [0.5, 0.6) is 0 Å². The van der Waals surface area contributed by atoms with Crippen molar-refractivity contribution < 1.29 is 0 Å². The van der Waals surface area contributed by atoms with E-state index in [1.54, 1.807) is 0 Å². The van der Waals surface area contributed by atoms with Crippen molar-refractivity contribution >= 4 is 0 Å². The van der Waals surface area contributed by atoms with Gasteiger partial charge in [-0.05, 0) is 48.6 Å². The largest absolute Gasteiger partial charge is 0.0622 e. The Kier molecular flexibility index (Phi) is 2.77. The van der Waals surface area contributed by atoms with Gasteiger partial charge >= 0.3 is 0 Å². The van der Waals surface area contributed by atoms with Crippen molar-refractivity contribution in [2.45, 2.75) is 26.2 Å². The van der Waals surface area contributed by atoms with E-state index in [0.717, 1.165) is 0 Å². The van der Waals surface area contributed by atoms with Gasteiger partial charge in [0.25, 0.3) is 0 Å². The summed E-state index contributed by atoms with van der Waals surface area (Å²) in [6.45, 7) is 6.73. The Balaban J connectivity index is 2.11. The van der Waals surface area contributed by atoms with Crippen LogP contribution in [0.3, 0.4) is 0 Å². The molecule has 0 aromatic heterocycles. The summed E-state index contributed by atoms with van der Waals surface area (Å²) in [7, 11) is 0. The van der Waals surface area contributed by atoms with Crippen molar-refractivity contribution in [3.63, 3.8) is 0 Å². The van der Waals surface area contributed by atoms with Crippen molar-refractivity contribution in [3.05, 3.63) is 94.5 Å². The minimum Gasteiger partial charge on any atom is -0.0622 e. The quantitative estimate of drug-likeness (QED) is 0.542. The summed E-state index contributed by atoms with van der Waals surface area (Å²) in [5.41, 5.74) is 9.57. The standard InChI is InChI=1S/C22H20/c1-15-9-11-18-19-12-10-16(2)14-21(19)22(3,20(18)13-15)17-7-5-4-6-8-17/h4-14H,1-3H3. The fourth-order valence-corrected chi connectivity index (χ4v) is 3.84. The maximum absolute atomic E-state index is 2.37. The molecule has 0 bridgehead atoms. The fourth-order valence-electron chi connectivity index (χ4n) is 3.84. The lowest BCUT2D eigenvalue weighted by atomic mass is 9.74. The van der Waals surface area contributed by atoms with Crippen molar-refractivity contribution in [1.29, 1.82) is 0 Å². The Morgan fingerprint density at radius 2 is 1.14 bits per heavy atom. The number of benzene rings is 3. The SMILES string of the molecule is Cc1ccc2c(c1)C(C)(c1ccccc1)c1cc(C)ccc1-2. The third-order valence-corrected chi connectivity index (χ3v) is 5.07. The summed E-state index contributed by atoms with van der Waals surface area (Å²) in [4.78, 5) is 0. The van der Waals surface area contributed by atoms with Crippen LogP contribution in [0.2, 0.25) is 0 Å². The van der Waals surface area contributed by atoms with E-state index in [4.69, 9.17) is 0 Å². The van der Waals surface area contributed by atoms with E-state index in [0.29, 0.717) is 0 Å². The van der Waals surface area contributed by atoms with Crippen LogP contribution in [0.4, 0.5) is 0 Å². The van der Waals surface area contributed by atoms with Crippen LogP contribution in [0.15, 0.2) is 66.7 Å². The molecular formula is C22H20. The van der Waals surface area contributed by atoms with Crippen LogP contribution in [0, 0.1) is 13.8 Å². The maximum Gasteiger partial charge on any atom is 0.0435 e. The van der Waals surface area contributed by atoms with Gasteiger partial charge < -0.3 is 0 Å². The minimum absolute atomic E-state index is 0.0655. The molecule has 0 spiro atoms. The molecule has 3 aromatic carbocycles. The van der Waals surface area contributed by atoms with Crippen molar-refractivity contribution in [2.75, 3.05) is 0 Å². The van der Waals surface area contributed by atoms with Gasteiger partial charge in [0.05, 0.1) is 0 Å². The molecule has 1 aliphatic rings. The normalized spacial score (nSPS) is 14.5. The van der Waals surface area contributed by atoms with Gasteiger partial charge in [0.15, 0.2) is 0 Å². The van der Waals surface area contributed by atoms with E-state index in [2.05, 4.69) is 87.5 Å². The molecule has 0 amide bonds. The molecule has 108 valence electrons. The number of fused-ring (bicyclic) bond motifs is 3. The summed E-state index contributed by atoms with van der Waals surface area (Å²) in [5.74, 6) is 0. The van der Waals surface area contributed by atoms with Gasteiger partial charge in [0, 0.05) is 5.41 Å². The first-order valence-electron chi connectivity index (χ1n) is 7.89. The van der Waals surface area contributed by atoms with Crippen molar-refractivity contribution in [2.24, 2.45) is 0 Å². The third-order valence-electron chi connectivity index (χ3n) is 5.07. The lowest BCUT2D eigenvalue weighted by Gasteiger charge is -2.28. The lowest BCUT2D eigenvalue weighted by Crippen LogP contribution is -2.22. The lowest BCUT2D eigenvalue weighted by molar-refractivity contribution is 0.712. The molecule has 0 radical (unpaired) electrons. The first-order chi connectivity index (χ1) is 10.6. The molecule has 3 aromatic rings. The van der Waals surface area contributed by atoms with Gasteiger partial charge in [-0.1, -0.05) is 77.9 Å². The predicted octanol–water partition coefficient (Wildman–Crippen LogP) is 5.64. The highest BCUT2D eigenvalue weighted by molar-refractivity contribution is 5.83. The molecule has 0 N–H and O–H groups in total. The molecule has 0 heteroatoms. The van der Waals surface area contributed by atoms with Crippen molar-refractivity contribution in [3.8, 4) is 11.1 Å². The Morgan fingerprint density at radius 1 is 0.636 bits per heavy atom. The molecule has 22 heavy (non-hydrogen) atoms. The van der Waals surface area contributed by atoms with Crippen LogP contribution >= 0.6 is 0 Å². The third kappa shape index (κ3) is 1.70. The van der Waals surface area contributed by atoms with Crippen LogP contribution in [-0.2, 0) is 5.41 Å². The summed E-state index contributed by atoms with van der Waals surface area (Å²) in [5, 5.41) is 0. The van der Waals surface area contributed by atoms with Crippen LogP contribution in [0.25, 0.3) is 11.1 Å². The molecule has 0 nitrogen and oxygen atoms in total. The van der Waals surface area contributed by atoms with Gasteiger partial charge in [0.1, 0.15) is 0 Å². The van der Waals surface area contributed by atoms with Gasteiger partial charge in [-0.3, -0.25) is 0 Å². The second-order valence-electron chi connectivity index (χ2n) is 6.59. The van der Waals surface area contributed by atoms with E-state index in [1.165, 1.54) is 38.9 Å². The topological polar surface area (TPSA) is 0 Å². The molecule has 0 atom stereocenters. The highest BCUT2D eigenvalue weighted by Gasteiger charge is 2.40. The smallest absolute Gasteiger partial charge is 0.0435 e. The first-order valence-corrected chi connectivity index (χ1v) is 7.89. The van der Waals surface area contributed by atoms with Gasteiger partial charge in [-0.2, -0.15) is 0 Å². The van der Waals surface area contributed by atoms with Gasteiger partial charge in [0.2, 0.25) is 0 Å². The molecule has 0 saturated carbocycles. The number of hydrogen-bond acceptors (Lipinski definition) is 0. The summed E-state index contributed by atoms with van der Waals surface area (Å²) in [6, 6.07) is 24.6. The summed E-state index contributed by atoms with van der Waals surface area (Å²) >= 11 is 0. The molecular weight excluding hydrogens is 264 g/mol. The van der Waals surface area contributed by atoms with E-state index >= 15 is 0 Å². The summed E-state index contributed by atoms with van der Waals surface area (Å²) < 4.78 is 0. The van der Waals surface area contributed by atoms with Crippen LogP contribution in [-0.4, -0.2) is 0 Å². The van der Waals surface area contributed by atoms with E-state index in [-0.39, 0.29) is 5.41 Å².